The predicted octanol–water partition coefficient (Wildman–Crippen LogP) is 3.98. The Morgan fingerprint density at radius 1 is 1.21 bits per heavy atom. The molecule has 1 aliphatic heterocycles. The highest BCUT2D eigenvalue weighted by Gasteiger charge is 2.33. The van der Waals surface area contributed by atoms with Crippen molar-refractivity contribution in [2.75, 3.05) is 19.8 Å². The summed E-state index contributed by atoms with van der Waals surface area (Å²) < 4.78 is 5.75. The second-order valence-electron chi connectivity index (χ2n) is 6.74. The molecule has 2 heteroatoms. The van der Waals surface area contributed by atoms with E-state index >= 15 is 0 Å². The molecule has 1 aromatic carbocycles. The minimum Gasteiger partial charge on any atom is -0.378 e. The third-order valence-electron chi connectivity index (χ3n) is 3.97. The van der Waals surface area contributed by atoms with Crippen LogP contribution in [0.2, 0.25) is 0 Å². The lowest BCUT2D eigenvalue weighted by atomic mass is 9.89. The highest BCUT2D eigenvalue weighted by Crippen LogP contribution is 2.34. The molecule has 0 bridgehead atoms. The van der Waals surface area contributed by atoms with E-state index in [0.29, 0.717) is 12.0 Å². The highest BCUT2D eigenvalue weighted by molar-refractivity contribution is 5.33. The van der Waals surface area contributed by atoms with Gasteiger partial charge in [0.25, 0.3) is 0 Å². The SMILES string of the molecule is CC(C)c1ccccc1C1COCCN1C(C)(C)C. The summed E-state index contributed by atoms with van der Waals surface area (Å²) in [5.74, 6) is 0.556. The Labute approximate surface area is 117 Å². The Morgan fingerprint density at radius 2 is 1.89 bits per heavy atom. The molecule has 0 aromatic heterocycles. The summed E-state index contributed by atoms with van der Waals surface area (Å²) in [5.41, 5.74) is 3.07. The van der Waals surface area contributed by atoms with E-state index in [2.05, 4.69) is 63.8 Å². The van der Waals surface area contributed by atoms with Gasteiger partial charge in [-0.05, 0) is 37.8 Å². The summed E-state index contributed by atoms with van der Waals surface area (Å²) in [6.45, 7) is 14.1. The van der Waals surface area contributed by atoms with E-state index < -0.39 is 0 Å². The first kappa shape index (κ1) is 14.5. The van der Waals surface area contributed by atoms with Gasteiger partial charge in [-0.1, -0.05) is 38.1 Å². The summed E-state index contributed by atoms with van der Waals surface area (Å²) in [5, 5.41) is 0. The van der Waals surface area contributed by atoms with Crippen molar-refractivity contribution >= 4 is 0 Å². The molecule has 0 saturated carbocycles. The fourth-order valence-corrected chi connectivity index (χ4v) is 3.00. The van der Waals surface area contributed by atoms with Crippen LogP contribution in [0.5, 0.6) is 0 Å². The molecule has 106 valence electrons. The molecule has 1 heterocycles. The Morgan fingerprint density at radius 3 is 2.53 bits per heavy atom. The first-order chi connectivity index (χ1) is 8.91. The molecule has 2 rings (SSSR count). The third-order valence-corrected chi connectivity index (χ3v) is 3.97. The minimum atomic E-state index is 0.179. The largest absolute Gasteiger partial charge is 0.378 e. The van der Waals surface area contributed by atoms with Crippen LogP contribution in [0.15, 0.2) is 24.3 Å². The monoisotopic (exact) mass is 261 g/mol. The molecule has 0 N–H and O–H groups in total. The number of benzene rings is 1. The van der Waals surface area contributed by atoms with Gasteiger partial charge in [-0.3, -0.25) is 4.90 Å². The van der Waals surface area contributed by atoms with Crippen LogP contribution in [-0.2, 0) is 4.74 Å². The number of morpholine rings is 1. The molecule has 1 aromatic rings. The predicted molar refractivity (Wildman–Crippen MR) is 80.6 cm³/mol. The summed E-state index contributed by atoms with van der Waals surface area (Å²) in [4.78, 5) is 2.58. The van der Waals surface area contributed by atoms with Crippen LogP contribution in [0.3, 0.4) is 0 Å². The van der Waals surface area contributed by atoms with E-state index in [0.717, 1.165) is 19.8 Å². The second-order valence-corrected chi connectivity index (χ2v) is 6.74. The van der Waals surface area contributed by atoms with Gasteiger partial charge < -0.3 is 4.74 Å². The third kappa shape index (κ3) is 3.18. The van der Waals surface area contributed by atoms with Crippen molar-refractivity contribution in [2.24, 2.45) is 0 Å². The fourth-order valence-electron chi connectivity index (χ4n) is 3.00. The maximum absolute atomic E-state index is 5.75. The van der Waals surface area contributed by atoms with Gasteiger partial charge in [-0.15, -0.1) is 0 Å². The minimum absolute atomic E-state index is 0.179. The van der Waals surface area contributed by atoms with Gasteiger partial charge in [0.05, 0.1) is 19.3 Å². The van der Waals surface area contributed by atoms with Crippen LogP contribution in [0.25, 0.3) is 0 Å². The topological polar surface area (TPSA) is 12.5 Å². The molecule has 1 saturated heterocycles. The fraction of sp³-hybridized carbons (Fsp3) is 0.647. The van der Waals surface area contributed by atoms with Gasteiger partial charge in [0, 0.05) is 12.1 Å². The number of ether oxygens (including phenoxy) is 1. The zero-order valence-electron chi connectivity index (χ0n) is 12.9. The molecule has 2 nitrogen and oxygen atoms in total. The number of nitrogens with zero attached hydrogens (tertiary/aromatic N) is 1. The molecule has 1 atom stereocenters. The highest BCUT2D eigenvalue weighted by atomic mass is 16.5. The van der Waals surface area contributed by atoms with Gasteiger partial charge in [-0.2, -0.15) is 0 Å². The van der Waals surface area contributed by atoms with E-state index in [4.69, 9.17) is 4.74 Å². The van der Waals surface area contributed by atoms with Crippen LogP contribution in [0.1, 0.15) is 57.7 Å². The van der Waals surface area contributed by atoms with E-state index in [1.807, 2.05) is 0 Å². The van der Waals surface area contributed by atoms with Crippen molar-refractivity contribution in [3.05, 3.63) is 35.4 Å². The molecule has 1 fully saturated rings. The van der Waals surface area contributed by atoms with Crippen molar-refractivity contribution in [3.63, 3.8) is 0 Å². The van der Waals surface area contributed by atoms with Crippen LogP contribution in [-0.4, -0.2) is 30.2 Å². The van der Waals surface area contributed by atoms with E-state index in [9.17, 15) is 0 Å². The summed E-state index contributed by atoms with van der Waals surface area (Å²) >= 11 is 0. The van der Waals surface area contributed by atoms with Crippen LogP contribution in [0, 0.1) is 0 Å². The van der Waals surface area contributed by atoms with Crippen molar-refractivity contribution in [2.45, 2.75) is 52.1 Å². The van der Waals surface area contributed by atoms with Gasteiger partial charge in [0.1, 0.15) is 0 Å². The molecular formula is C17H27NO. The molecule has 1 aliphatic rings. The lowest BCUT2D eigenvalue weighted by molar-refractivity contribution is -0.0509. The summed E-state index contributed by atoms with van der Waals surface area (Å²) in [7, 11) is 0. The molecule has 0 spiro atoms. The second kappa shape index (κ2) is 5.64. The Bertz CT molecular complexity index is 420. The number of rotatable bonds is 2. The number of hydrogen-bond donors (Lipinski definition) is 0. The van der Waals surface area contributed by atoms with E-state index in [-0.39, 0.29) is 5.54 Å². The Hall–Kier alpha value is -0.860. The Balaban J connectivity index is 2.38. The molecule has 0 radical (unpaired) electrons. The van der Waals surface area contributed by atoms with Gasteiger partial charge >= 0.3 is 0 Å². The quantitative estimate of drug-likeness (QED) is 0.798. The van der Waals surface area contributed by atoms with E-state index in [1.54, 1.807) is 0 Å². The van der Waals surface area contributed by atoms with Gasteiger partial charge in [-0.25, -0.2) is 0 Å². The molecule has 1 unspecified atom stereocenters. The van der Waals surface area contributed by atoms with Crippen molar-refractivity contribution in [1.29, 1.82) is 0 Å². The van der Waals surface area contributed by atoms with Crippen LogP contribution in [0.4, 0.5) is 0 Å². The summed E-state index contributed by atoms with van der Waals surface area (Å²) in [6, 6.07) is 9.20. The first-order valence-electron chi connectivity index (χ1n) is 7.34. The molecule has 19 heavy (non-hydrogen) atoms. The zero-order chi connectivity index (χ0) is 14.0. The summed E-state index contributed by atoms with van der Waals surface area (Å²) in [6.07, 6.45) is 0. The maximum atomic E-state index is 5.75. The van der Waals surface area contributed by atoms with Gasteiger partial charge in [0.2, 0.25) is 0 Å². The molecule has 0 amide bonds. The molecular weight excluding hydrogens is 234 g/mol. The number of hydrogen-bond acceptors (Lipinski definition) is 2. The van der Waals surface area contributed by atoms with Crippen molar-refractivity contribution in [1.82, 2.24) is 4.90 Å². The average Bonchev–Trinajstić information content (AvgIpc) is 2.37. The van der Waals surface area contributed by atoms with Gasteiger partial charge in [0.15, 0.2) is 0 Å². The van der Waals surface area contributed by atoms with Crippen LogP contribution >= 0.6 is 0 Å². The maximum Gasteiger partial charge on any atom is 0.0664 e. The lowest BCUT2D eigenvalue weighted by Crippen LogP contribution is -2.50. The standard InChI is InChI=1S/C17H27NO/c1-13(2)14-8-6-7-9-15(14)16-12-19-11-10-18(16)17(3,4)5/h6-9,13,16H,10-12H2,1-5H3. The Kier molecular flexibility index (Phi) is 4.32. The van der Waals surface area contributed by atoms with Crippen LogP contribution < -0.4 is 0 Å². The van der Waals surface area contributed by atoms with Crippen molar-refractivity contribution < 1.29 is 4.74 Å². The normalized spacial score (nSPS) is 21.9. The average molecular weight is 261 g/mol. The lowest BCUT2D eigenvalue weighted by Gasteiger charge is -2.45. The zero-order valence-corrected chi connectivity index (χ0v) is 12.9. The molecule has 0 aliphatic carbocycles. The van der Waals surface area contributed by atoms with E-state index in [1.165, 1.54) is 11.1 Å². The van der Waals surface area contributed by atoms with Crippen molar-refractivity contribution in [3.8, 4) is 0 Å². The first-order valence-corrected chi connectivity index (χ1v) is 7.34. The smallest absolute Gasteiger partial charge is 0.0664 e.